The summed E-state index contributed by atoms with van der Waals surface area (Å²) in [5.74, 6) is -2.75. The van der Waals surface area contributed by atoms with Gasteiger partial charge in [0.2, 0.25) is 5.91 Å². The fraction of sp³-hybridized carbons (Fsp3) is 0.182. The molecule has 2 aromatic rings. The molecule has 5 N–H and O–H groups in total. The molecule has 0 spiro atoms. The van der Waals surface area contributed by atoms with Crippen molar-refractivity contribution < 1.29 is 19.1 Å². The number of amides is 1. The maximum atomic E-state index is 11.3. The summed E-state index contributed by atoms with van der Waals surface area (Å²) in [5.41, 5.74) is 6.70. The number of carboxylic acids is 1. The van der Waals surface area contributed by atoms with Crippen LogP contribution in [0.5, 0.6) is 0 Å². The summed E-state index contributed by atoms with van der Waals surface area (Å²) in [7, 11) is 0. The van der Waals surface area contributed by atoms with Gasteiger partial charge in [-0.05, 0) is 17.7 Å². The molecular formula is C11H11N3O5. The minimum Gasteiger partial charge on any atom is -0.480 e. The number of carbonyl (C=O) groups is 2. The number of rotatable bonds is 4. The third-order valence-corrected chi connectivity index (χ3v) is 2.50. The molecule has 1 aromatic heterocycles. The van der Waals surface area contributed by atoms with E-state index in [1.807, 2.05) is 0 Å². The number of nitrogens with two attached hydrogens (primary N) is 1. The van der Waals surface area contributed by atoms with Gasteiger partial charge in [-0.25, -0.2) is 9.59 Å². The number of benzene rings is 1. The SMILES string of the molecule is NC(C(=O)O)C(=O)NCc1ccc2[nH]c(=O)oc2c1. The Morgan fingerprint density at radius 1 is 1.47 bits per heavy atom. The van der Waals surface area contributed by atoms with Crippen LogP contribution in [-0.2, 0) is 16.1 Å². The highest BCUT2D eigenvalue weighted by Gasteiger charge is 2.20. The maximum absolute atomic E-state index is 11.3. The van der Waals surface area contributed by atoms with E-state index in [0.29, 0.717) is 16.7 Å². The normalized spacial score (nSPS) is 12.3. The Bertz CT molecular complexity index is 687. The van der Waals surface area contributed by atoms with Crippen molar-refractivity contribution in [2.24, 2.45) is 5.73 Å². The first-order valence-electron chi connectivity index (χ1n) is 5.35. The summed E-state index contributed by atoms with van der Waals surface area (Å²) in [5, 5.41) is 10.9. The Morgan fingerprint density at radius 2 is 2.21 bits per heavy atom. The smallest absolute Gasteiger partial charge is 0.417 e. The van der Waals surface area contributed by atoms with Gasteiger partial charge in [0.25, 0.3) is 0 Å². The topological polar surface area (TPSA) is 138 Å². The molecule has 1 unspecified atom stereocenters. The van der Waals surface area contributed by atoms with E-state index in [0.717, 1.165) is 0 Å². The number of H-pyrrole nitrogens is 1. The lowest BCUT2D eigenvalue weighted by molar-refractivity contribution is -0.142. The van der Waals surface area contributed by atoms with E-state index in [-0.39, 0.29) is 6.54 Å². The quantitative estimate of drug-likeness (QED) is 0.531. The van der Waals surface area contributed by atoms with Crippen molar-refractivity contribution in [2.75, 3.05) is 0 Å². The fourth-order valence-corrected chi connectivity index (χ4v) is 1.51. The summed E-state index contributed by atoms with van der Waals surface area (Å²) in [6.07, 6.45) is 0. The van der Waals surface area contributed by atoms with Crippen LogP contribution in [-0.4, -0.2) is 28.0 Å². The van der Waals surface area contributed by atoms with Crippen molar-refractivity contribution in [3.8, 4) is 0 Å². The highest BCUT2D eigenvalue weighted by molar-refractivity contribution is 6.00. The van der Waals surface area contributed by atoms with E-state index in [1.54, 1.807) is 18.2 Å². The second kappa shape index (κ2) is 4.94. The van der Waals surface area contributed by atoms with Crippen molar-refractivity contribution in [3.63, 3.8) is 0 Å². The summed E-state index contributed by atoms with van der Waals surface area (Å²) in [4.78, 5) is 35.3. The van der Waals surface area contributed by atoms with E-state index in [1.165, 1.54) is 0 Å². The Balaban J connectivity index is 2.07. The monoisotopic (exact) mass is 265 g/mol. The highest BCUT2D eigenvalue weighted by atomic mass is 16.4. The third kappa shape index (κ3) is 2.80. The Morgan fingerprint density at radius 3 is 2.89 bits per heavy atom. The number of hydrogen-bond donors (Lipinski definition) is 4. The molecular weight excluding hydrogens is 254 g/mol. The zero-order valence-corrected chi connectivity index (χ0v) is 9.67. The van der Waals surface area contributed by atoms with Gasteiger partial charge in [0, 0.05) is 6.54 Å². The molecule has 0 aliphatic rings. The number of aromatic amines is 1. The molecule has 2 rings (SSSR count). The summed E-state index contributed by atoms with van der Waals surface area (Å²) >= 11 is 0. The van der Waals surface area contributed by atoms with Crippen LogP contribution in [0.25, 0.3) is 11.1 Å². The number of aromatic nitrogens is 1. The number of oxazole rings is 1. The van der Waals surface area contributed by atoms with Crippen molar-refractivity contribution >= 4 is 23.0 Å². The van der Waals surface area contributed by atoms with E-state index in [9.17, 15) is 14.4 Å². The lowest BCUT2D eigenvalue weighted by Gasteiger charge is -2.08. The van der Waals surface area contributed by atoms with E-state index >= 15 is 0 Å². The fourth-order valence-electron chi connectivity index (χ4n) is 1.51. The van der Waals surface area contributed by atoms with Gasteiger partial charge in [-0.2, -0.15) is 0 Å². The second-order valence-electron chi connectivity index (χ2n) is 3.88. The van der Waals surface area contributed by atoms with Crippen LogP contribution < -0.4 is 16.8 Å². The van der Waals surface area contributed by atoms with E-state index < -0.39 is 23.7 Å². The van der Waals surface area contributed by atoms with Crippen molar-refractivity contribution in [2.45, 2.75) is 12.6 Å². The minimum atomic E-state index is -1.60. The molecule has 0 fully saturated rings. The first-order valence-corrected chi connectivity index (χ1v) is 5.35. The molecule has 8 nitrogen and oxygen atoms in total. The number of aliphatic carboxylic acids is 1. The molecule has 0 saturated heterocycles. The largest absolute Gasteiger partial charge is 0.480 e. The van der Waals surface area contributed by atoms with Crippen LogP contribution >= 0.6 is 0 Å². The molecule has 0 radical (unpaired) electrons. The molecule has 0 saturated carbocycles. The van der Waals surface area contributed by atoms with Crippen LogP contribution in [0.15, 0.2) is 27.4 Å². The van der Waals surface area contributed by atoms with Gasteiger partial charge >= 0.3 is 11.7 Å². The average molecular weight is 265 g/mol. The molecule has 0 bridgehead atoms. The lowest BCUT2D eigenvalue weighted by Crippen LogP contribution is -2.45. The van der Waals surface area contributed by atoms with Gasteiger partial charge in [-0.15, -0.1) is 0 Å². The average Bonchev–Trinajstić information content (AvgIpc) is 2.74. The predicted octanol–water partition coefficient (Wildman–Crippen LogP) is -0.851. The molecule has 1 aromatic carbocycles. The number of carbonyl (C=O) groups excluding carboxylic acids is 1. The number of fused-ring (bicyclic) bond motifs is 1. The number of hydrogen-bond acceptors (Lipinski definition) is 5. The van der Waals surface area contributed by atoms with Crippen molar-refractivity contribution in [3.05, 3.63) is 34.3 Å². The van der Waals surface area contributed by atoms with Gasteiger partial charge in [-0.3, -0.25) is 9.78 Å². The molecule has 0 aliphatic carbocycles. The Kier molecular flexibility index (Phi) is 3.34. The Labute approximate surface area is 106 Å². The molecule has 100 valence electrons. The van der Waals surface area contributed by atoms with Crippen LogP contribution in [0.2, 0.25) is 0 Å². The van der Waals surface area contributed by atoms with Crippen molar-refractivity contribution in [1.29, 1.82) is 0 Å². The summed E-state index contributed by atoms with van der Waals surface area (Å²) in [6.45, 7) is 0.0879. The lowest BCUT2D eigenvalue weighted by atomic mass is 10.2. The first kappa shape index (κ1) is 12.8. The minimum absolute atomic E-state index is 0.0879. The van der Waals surface area contributed by atoms with Gasteiger partial charge < -0.3 is 20.6 Å². The third-order valence-electron chi connectivity index (χ3n) is 2.50. The van der Waals surface area contributed by atoms with Crippen LogP contribution in [0.3, 0.4) is 0 Å². The molecule has 8 heteroatoms. The molecule has 19 heavy (non-hydrogen) atoms. The molecule has 0 aliphatic heterocycles. The van der Waals surface area contributed by atoms with Gasteiger partial charge in [0.1, 0.15) is 0 Å². The second-order valence-corrected chi connectivity index (χ2v) is 3.88. The van der Waals surface area contributed by atoms with Gasteiger partial charge in [-0.1, -0.05) is 6.07 Å². The van der Waals surface area contributed by atoms with Gasteiger partial charge in [0.15, 0.2) is 11.6 Å². The van der Waals surface area contributed by atoms with Crippen LogP contribution in [0.1, 0.15) is 5.56 Å². The van der Waals surface area contributed by atoms with E-state index in [2.05, 4.69) is 10.3 Å². The standard InChI is InChI=1S/C11H11N3O5/c12-8(10(16)17)9(15)13-4-5-1-2-6-7(3-5)19-11(18)14-6/h1-3,8H,4,12H2,(H,13,15)(H,14,18)(H,16,17). The molecule has 1 amide bonds. The molecule has 1 atom stereocenters. The van der Waals surface area contributed by atoms with Crippen molar-refractivity contribution in [1.82, 2.24) is 10.3 Å². The summed E-state index contributed by atoms with van der Waals surface area (Å²) in [6, 6.07) is 3.26. The van der Waals surface area contributed by atoms with Crippen LogP contribution in [0, 0.1) is 0 Å². The zero-order valence-electron chi connectivity index (χ0n) is 9.67. The molecule has 1 heterocycles. The number of carboxylic acid groups (broad SMARTS) is 1. The van der Waals surface area contributed by atoms with Crippen LogP contribution in [0.4, 0.5) is 0 Å². The highest BCUT2D eigenvalue weighted by Crippen LogP contribution is 2.12. The maximum Gasteiger partial charge on any atom is 0.417 e. The Hall–Kier alpha value is -2.61. The summed E-state index contributed by atoms with van der Waals surface area (Å²) < 4.78 is 4.86. The first-order chi connectivity index (χ1) is 8.97. The zero-order chi connectivity index (χ0) is 14.0. The van der Waals surface area contributed by atoms with E-state index in [4.69, 9.17) is 15.3 Å². The number of nitrogens with one attached hydrogen (secondary N) is 2. The predicted molar refractivity (Wildman–Crippen MR) is 64.3 cm³/mol. The van der Waals surface area contributed by atoms with Gasteiger partial charge in [0.05, 0.1) is 5.52 Å².